The smallest absolute Gasteiger partial charge is 0.314 e. The lowest BCUT2D eigenvalue weighted by Crippen LogP contribution is -2.43. The van der Waals surface area contributed by atoms with Crippen LogP contribution in [0.3, 0.4) is 0 Å². The molecule has 1 aliphatic carbocycles. The summed E-state index contributed by atoms with van der Waals surface area (Å²) in [7, 11) is 0. The zero-order valence-corrected chi connectivity index (χ0v) is 12.4. The zero-order valence-electron chi connectivity index (χ0n) is 12.4. The highest BCUT2D eigenvalue weighted by atomic mass is 16.4. The maximum atomic E-state index is 11.8. The molecule has 1 N–H and O–H groups in total. The number of hydrogen-bond donors (Lipinski definition) is 1. The van der Waals surface area contributed by atoms with Crippen molar-refractivity contribution in [1.29, 1.82) is 0 Å². The minimum Gasteiger partial charge on any atom is -0.481 e. The number of carbonyl (C=O) groups is 1. The second-order valence-electron chi connectivity index (χ2n) is 6.40. The summed E-state index contributed by atoms with van der Waals surface area (Å²) in [5, 5.41) is 9.67. The van der Waals surface area contributed by atoms with Crippen molar-refractivity contribution in [3.8, 4) is 0 Å². The Kier molecular flexibility index (Phi) is 3.71. The fourth-order valence-corrected chi connectivity index (χ4v) is 2.98. The summed E-state index contributed by atoms with van der Waals surface area (Å²) in [5.74, 6) is 0.153. The van der Waals surface area contributed by atoms with Gasteiger partial charge in [-0.15, -0.1) is 0 Å². The topological polar surface area (TPSA) is 37.3 Å². The average Bonchev–Trinajstić information content (AvgIpc) is 2.26. The third-order valence-corrected chi connectivity index (χ3v) is 4.50. The van der Waals surface area contributed by atoms with Gasteiger partial charge < -0.3 is 5.11 Å². The molecular formula is C17H24O2. The normalized spacial score (nSPS) is 17.6. The molecule has 1 fully saturated rings. The molecule has 0 unspecified atom stereocenters. The maximum Gasteiger partial charge on any atom is 0.314 e. The Labute approximate surface area is 115 Å². The molecule has 1 aromatic carbocycles. The van der Waals surface area contributed by atoms with Crippen LogP contribution in [0.4, 0.5) is 0 Å². The molecule has 1 aliphatic rings. The molecule has 104 valence electrons. The molecule has 0 bridgehead atoms. The first-order valence-electron chi connectivity index (χ1n) is 7.26. The van der Waals surface area contributed by atoms with E-state index in [9.17, 15) is 9.90 Å². The summed E-state index contributed by atoms with van der Waals surface area (Å²) in [5.41, 5.74) is 2.88. The zero-order chi connectivity index (χ0) is 14.2. The van der Waals surface area contributed by atoms with Crippen LogP contribution in [0, 0.1) is 0 Å². The van der Waals surface area contributed by atoms with Crippen LogP contribution in [0.1, 0.15) is 75.5 Å². The predicted octanol–water partition coefficient (Wildman–Crippen LogP) is 4.44. The summed E-state index contributed by atoms with van der Waals surface area (Å²) in [6, 6.07) is 6.43. The van der Waals surface area contributed by atoms with Crippen LogP contribution in [0.2, 0.25) is 0 Å². The fraction of sp³-hybridized carbons (Fsp3) is 0.588. The number of benzene rings is 1. The van der Waals surface area contributed by atoms with Gasteiger partial charge in [0.25, 0.3) is 0 Å². The second kappa shape index (κ2) is 4.99. The van der Waals surface area contributed by atoms with E-state index in [1.54, 1.807) is 0 Å². The molecule has 2 heteroatoms. The van der Waals surface area contributed by atoms with Gasteiger partial charge in [-0.25, -0.2) is 0 Å². The fourth-order valence-electron chi connectivity index (χ4n) is 2.98. The van der Waals surface area contributed by atoms with Gasteiger partial charge in [0.05, 0.1) is 5.41 Å². The monoisotopic (exact) mass is 260 g/mol. The number of rotatable bonds is 4. The van der Waals surface area contributed by atoms with Gasteiger partial charge in [0.2, 0.25) is 0 Å². The van der Waals surface area contributed by atoms with Crippen LogP contribution in [-0.4, -0.2) is 11.1 Å². The van der Waals surface area contributed by atoms with E-state index in [1.807, 2.05) is 0 Å². The third kappa shape index (κ3) is 2.29. The van der Waals surface area contributed by atoms with Gasteiger partial charge in [-0.3, -0.25) is 4.79 Å². The van der Waals surface area contributed by atoms with Gasteiger partial charge in [0.15, 0.2) is 0 Å². The Balaban J connectivity index is 2.58. The summed E-state index contributed by atoms with van der Waals surface area (Å²) in [4.78, 5) is 11.8. The number of hydrogen-bond acceptors (Lipinski definition) is 1. The molecule has 0 aromatic heterocycles. The second-order valence-corrected chi connectivity index (χ2v) is 6.40. The predicted molar refractivity (Wildman–Crippen MR) is 77.8 cm³/mol. The van der Waals surface area contributed by atoms with Crippen molar-refractivity contribution in [2.75, 3.05) is 0 Å². The van der Waals surface area contributed by atoms with Gasteiger partial charge in [-0.2, -0.15) is 0 Å². The van der Waals surface area contributed by atoms with Gasteiger partial charge in [-0.05, 0) is 41.4 Å². The molecule has 0 radical (unpaired) electrons. The molecular weight excluding hydrogens is 236 g/mol. The average molecular weight is 260 g/mol. The van der Waals surface area contributed by atoms with Crippen molar-refractivity contribution in [3.05, 3.63) is 34.9 Å². The Morgan fingerprint density at radius 2 is 1.79 bits per heavy atom. The van der Waals surface area contributed by atoms with E-state index in [4.69, 9.17) is 0 Å². The number of aliphatic carboxylic acids is 1. The minimum atomic E-state index is -0.651. The summed E-state index contributed by atoms with van der Waals surface area (Å²) in [6.07, 6.45) is 2.59. The van der Waals surface area contributed by atoms with Crippen molar-refractivity contribution in [2.45, 2.75) is 64.2 Å². The van der Waals surface area contributed by atoms with Crippen molar-refractivity contribution in [2.24, 2.45) is 0 Å². The highest BCUT2D eigenvalue weighted by Crippen LogP contribution is 2.47. The standard InChI is InChI=1S/C17H24O2/c1-11(2)13-6-7-14(12(3)4)15(10-13)17(16(18)19)8-5-9-17/h6-7,10-12H,5,8-9H2,1-4H3,(H,18,19). The van der Waals surface area contributed by atoms with Gasteiger partial charge >= 0.3 is 5.97 Å². The molecule has 0 heterocycles. The van der Waals surface area contributed by atoms with E-state index >= 15 is 0 Å². The largest absolute Gasteiger partial charge is 0.481 e. The first-order chi connectivity index (χ1) is 8.88. The van der Waals surface area contributed by atoms with Crippen molar-refractivity contribution >= 4 is 5.97 Å². The Morgan fingerprint density at radius 1 is 1.16 bits per heavy atom. The SMILES string of the molecule is CC(C)c1ccc(C(C)C)c(C2(C(=O)O)CCC2)c1. The Hall–Kier alpha value is -1.31. The van der Waals surface area contributed by atoms with Gasteiger partial charge in [0.1, 0.15) is 0 Å². The lowest BCUT2D eigenvalue weighted by Gasteiger charge is -2.40. The van der Waals surface area contributed by atoms with Crippen LogP contribution >= 0.6 is 0 Å². The Morgan fingerprint density at radius 3 is 2.16 bits per heavy atom. The van der Waals surface area contributed by atoms with E-state index < -0.39 is 11.4 Å². The summed E-state index contributed by atoms with van der Waals surface area (Å²) < 4.78 is 0. The molecule has 2 rings (SSSR count). The highest BCUT2D eigenvalue weighted by Gasteiger charge is 2.47. The van der Waals surface area contributed by atoms with Crippen LogP contribution in [-0.2, 0) is 10.2 Å². The van der Waals surface area contributed by atoms with Crippen molar-refractivity contribution < 1.29 is 9.90 Å². The van der Waals surface area contributed by atoms with E-state index in [0.717, 1.165) is 24.8 Å². The number of carboxylic acids is 1. The molecule has 0 amide bonds. The Bertz CT molecular complexity index is 482. The summed E-state index contributed by atoms with van der Waals surface area (Å²) in [6.45, 7) is 8.59. The lowest BCUT2D eigenvalue weighted by atomic mass is 9.62. The summed E-state index contributed by atoms with van der Waals surface area (Å²) >= 11 is 0. The molecule has 0 atom stereocenters. The first kappa shape index (κ1) is 14.1. The molecule has 0 saturated heterocycles. The van der Waals surface area contributed by atoms with Crippen molar-refractivity contribution in [3.63, 3.8) is 0 Å². The van der Waals surface area contributed by atoms with Crippen LogP contribution in [0.5, 0.6) is 0 Å². The quantitative estimate of drug-likeness (QED) is 0.869. The van der Waals surface area contributed by atoms with Crippen LogP contribution in [0.25, 0.3) is 0 Å². The maximum absolute atomic E-state index is 11.8. The molecule has 1 aromatic rings. The molecule has 2 nitrogen and oxygen atoms in total. The highest BCUT2D eigenvalue weighted by molar-refractivity contribution is 5.83. The molecule has 0 aliphatic heterocycles. The van der Waals surface area contributed by atoms with Crippen LogP contribution < -0.4 is 0 Å². The lowest BCUT2D eigenvalue weighted by molar-refractivity contribution is -0.147. The number of carboxylic acid groups (broad SMARTS) is 1. The van der Waals surface area contributed by atoms with Gasteiger partial charge in [-0.1, -0.05) is 52.3 Å². The van der Waals surface area contributed by atoms with Crippen molar-refractivity contribution in [1.82, 2.24) is 0 Å². The molecule has 0 spiro atoms. The first-order valence-corrected chi connectivity index (χ1v) is 7.26. The molecule has 1 saturated carbocycles. The van der Waals surface area contributed by atoms with Gasteiger partial charge in [0, 0.05) is 0 Å². The molecule has 19 heavy (non-hydrogen) atoms. The van der Waals surface area contributed by atoms with Crippen LogP contribution in [0.15, 0.2) is 18.2 Å². The third-order valence-electron chi connectivity index (χ3n) is 4.50. The van der Waals surface area contributed by atoms with E-state index in [-0.39, 0.29) is 0 Å². The van der Waals surface area contributed by atoms with E-state index in [2.05, 4.69) is 45.9 Å². The van der Waals surface area contributed by atoms with E-state index in [1.165, 1.54) is 11.1 Å². The van der Waals surface area contributed by atoms with E-state index in [0.29, 0.717) is 11.8 Å². The minimum absolute atomic E-state index is 0.369.